The number of hydrogen-bond donors (Lipinski definition) is 1. The molecule has 0 amide bonds. The summed E-state index contributed by atoms with van der Waals surface area (Å²) in [6.45, 7) is 5.76. The number of halogens is 1. The zero-order valence-electron chi connectivity index (χ0n) is 10.6. The third kappa shape index (κ3) is 2.30. The fourth-order valence-corrected chi connectivity index (χ4v) is 2.34. The molecule has 1 fully saturated rings. The Morgan fingerprint density at radius 3 is 2.89 bits per heavy atom. The van der Waals surface area contributed by atoms with Crippen LogP contribution in [0.15, 0.2) is 12.3 Å². The molecule has 18 heavy (non-hydrogen) atoms. The van der Waals surface area contributed by atoms with Gasteiger partial charge in [0.25, 0.3) is 0 Å². The lowest BCUT2D eigenvalue weighted by Gasteiger charge is -2.19. The van der Waals surface area contributed by atoms with Crippen LogP contribution in [0.2, 0.25) is 0 Å². The van der Waals surface area contributed by atoms with Crippen LogP contribution < -0.4 is 4.90 Å². The first-order valence-electron chi connectivity index (χ1n) is 6.13. The van der Waals surface area contributed by atoms with Crippen molar-refractivity contribution in [1.82, 2.24) is 4.98 Å². The Kier molecular flexibility index (Phi) is 3.50. The zero-order chi connectivity index (χ0) is 13.3. The van der Waals surface area contributed by atoms with Crippen LogP contribution in [0.4, 0.5) is 10.2 Å². The lowest BCUT2D eigenvalue weighted by molar-refractivity contribution is 0.0691. The van der Waals surface area contributed by atoms with Gasteiger partial charge in [-0.2, -0.15) is 0 Å². The molecule has 0 radical (unpaired) electrons. The van der Waals surface area contributed by atoms with Gasteiger partial charge in [0.2, 0.25) is 0 Å². The fraction of sp³-hybridized carbons (Fsp3) is 0.538. The number of rotatable bonds is 3. The average Bonchev–Trinajstić information content (AvgIpc) is 2.78. The van der Waals surface area contributed by atoms with Gasteiger partial charge in [0.05, 0.1) is 0 Å². The SMILES string of the molecule is CC(C)C1CCN(c2nccc(C(=O)O)c2F)C1. The van der Waals surface area contributed by atoms with Gasteiger partial charge in [0.1, 0.15) is 5.56 Å². The fourth-order valence-electron chi connectivity index (χ4n) is 2.34. The summed E-state index contributed by atoms with van der Waals surface area (Å²) in [6.07, 6.45) is 2.35. The highest BCUT2D eigenvalue weighted by Gasteiger charge is 2.28. The monoisotopic (exact) mass is 252 g/mol. The molecule has 0 spiro atoms. The molecule has 1 atom stereocenters. The molecule has 2 heterocycles. The van der Waals surface area contributed by atoms with Gasteiger partial charge in [-0.25, -0.2) is 14.2 Å². The van der Waals surface area contributed by atoms with Crippen molar-refractivity contribution < 1.29 is 14.3 Å². The Morgan fingerprint density at radius 1 is 1.61 bits per heavy atom. The van der Waals surface area contributed by atoms with E-state index in [1.807, 2.05) is 4.90 Å². The van der Waals surface area contributed by atoms with E-state index in [0.29, 0.717) is 11.8 Å². The molecular weight excluding hydrogens is 235 g/mol. The summed E-state index contributed by atoms with van der Waals surface area (Å²) in [4.78, 5) is 16.7. The second kappa shape index (κ2) is 4.92. The lowest BCUT2D eigenvalue weighted by atomic mass is 9.95. The molecule has 1 aliphatic rings. The van der Waals surface area contributed by atoms with E-state index in [-0.39, 0.29) is 11.4 Å². The van der Waals surface area contributed by atoms with Crippen LogP contribution in [0, 0.1) is 17.7 Å². The van der Waals surface area contributed by atoms with Crippen LogP contribution in [-0.4, -0.2) is 29.1 Å². The van der Waals surface area contributed by atoms with Crippen LogP contribution in [0.1, 0.15) is 30.6 Å². The van der Waals surface area contributed by atoms with Crippen LogP contribution in [-0.2, 0) is 0 Å². The molecule has 98 valence electrons. The highest BCUT2D eigenvalue weighted by atomic mass is 19.1. The molecule has 1 unspecified atom stereocenters. The molecule has 0 bridgehead atoms. The van der Waals surface area contributed by atoms with Crippen molar-refractivity contribution in [1.29, 1.82) is 0 Å². The number of carboxylic acids is 1. The van der Waals surface area contributed by atoms with Crippen LogP contribution in [0.3, 0.4) is 0 Å². The smallest absolute Gasteiger partial charge is 0.338 e. The minimum Gasteiger partial charge on any atom is -0.478 e. The second-order valence-electron chi connectivity index (χ2n) is 5.04. The van der Waals surface area contributed by atoms with Gasteiger partial charge in [-0.15, -0.1) is 0 Å². The van der Waals surface area contributed by atoms with Crippen molar-refractivity contribution in [2.45, 2.75) is 20.3 Å². The predicted octanol–water partition coefficient (Wildman–Crippen LogP) is 2.40. The lowest BCUT2D eigenvalue weighted by Crippen LogP contribution is -2.24. The Morgan fingerprint density at radius 2 is 2.33 bits per heavy atom. The number of aromatic nitrogens is 1. The van der Waals surface area contributed by atoms with Crippen molar-refractivity contribution in [3.05, 3.63) is 23.6 Å². The van der Waals surface area contributed by atoms with Crippen LogP contribution >= 0.6 is 0 Å². The maximum absolute atomic E-state index is 14.0. The minimum atomic E-state index is -1.25. The largest absolute Gasteiger partial charge is 0.478 e. The minimum absolute atomic E-state index is 0.165. The number of carboxylic acid groups (broad SMARTS) is 1. The molecule has 1 saturated heterocycles. The molecule has 1 N–H and O–H groups in total. The van der Waals surface area contributed by atoms with Gasteiger partial charge in [0.15, 0.2) is 11.6 Å². The van der Waals surface area contributed by atoms with E-state index in [2.05, 4.69) is 18.8 Å². The Labute approximate surface area is 105 Å². The van der Waals surface area contributed by atoms with Gasteiger partial charge in [0, 0.05) is 19.3 Å². The number of anilines is 1. The zero-order valence-corrected chi connectivity index (χ0v) is 10.6. The second-order valence-corrected chi connectivity index (χ2v) is 5.04. The molecule has 0 aromatic carbocycles. The summed E-state index contributed by atoms with van der Waals surface area (Å²) >= 11 is 0. The summed E-state index contributed by atoms with van der Waals surface area (Å²) in [5, 5.41) is 8.89. The van der Waals surface area contributed by atoms with Gasteiger partial charge < -0.3 is 10.0 Å². The third-order valence-corrected chi connectivity index (χ3v) is 3.57. The van der Waals surface area contributed by atoms with Gasteiger partial charge in [-0.3, -0.25) is 0 Å². The average molecular weight is 252 g/mol. The normalized spacial score (nSPS) is 19.6. The highest BCUT2D eigenvalue weighted by molar-refractivity contribution is 5.88. The standard InChI is InChI=1S/C13H17FN2O2/c1-8(2)9-4-6-16(7-9)12-11(14)10(13(17)18)3-5-15-12/h3,5,8-9H,4,6-7H2,1-2H3,(H,17,18). The van der Waals surface area contributed by atoms with E-state index < -0.39 is 11.8 Å². The Bertz CT molecular complexity index is 462. The quantitative estimate of drug-likeness (QED) is 0.897. The summed E-state index contributed by atoms with van der Waals surface area (Å²) in [7, 11) is 0. The summed E-state index contributed by atoms with van der Waals surface area (Å²) < 4.78 is 14.0. The third-order valence-electron chi connectivity index (χ3n) is 3.57. The summed E-state index contributed by atoms with van der Waals surface area (Å²) in [5.74, 6) is -0.761. The first kappa shape index (κ1) is 12.8. The van der Waals surface area contributed by atoms with Crippen molar-refractivity contribution in [2.75, 3.05) is 18.0 Å². The van der Waals surface area contributed by atoms with Gasteiger partial charge in [-0.1, -0.05) is 13.8 Å². The molecule has 1 aromatic rings. The van der Waals surface area contributed by atoms with E-state index in [9.17, 15) is 9.18 Å². The van der Waals surface area contributed by atoms with E-state index >= 15 is 0 Å². The van der Waals surface area contributed by atoms with E-state index in [4.69, 9.17) is 5.11 Å². The van der Waals surface area contributed by atoms with Crippen molar-refractivity contribution >= 4 is 11.8 Å². The first-order valence-corrected chi connectivity index (χ1v) is 6.13. The number of carbonyl (C=O) groups is 1. The maximum atomic E-state index is 14.0. The number of aromatic carboxylic acids is 1. The molecular formula is C13H17FN2O2. The highest BCUT2D eigenvalue weighted by Crippen LogP contribution is 2.29. The van der Waals surface area contributed by atoms with Crippen LogP contribution in [0.25, 0.3) is 0 Å². The van der Waals surface area contributed by atoms with E-state index in [1.165, 1.54) is 12.3 Å². The maximum Gasteiger partial charge on any atom is 0.338 e. The van der Waals surface area contributed by atoms with E-state index in [0.717, 1.165) is 19.5 Å². The molecule has 4 nitrogen and oxygen atoms in total. The summed E-state index contributed by atoms with van der Waals surface area (Å²) in [6, 6.07) is 1.19. The number of pyridine rings is 1. The van der Waals surface area contributed by atoms with Crippen molar-refractivity contribution in [2.24, 2.45) is 11.8 Å². The number of hydrogen-bond acceptors (Lipinski definition) is 3. The van der Waals surface area contributed by atoms with Crippen molar-refractivity contribution in [3.63, 3.8) is 0 Å². The molecule has 2 rings (SSSR count). The molecule has 1 aliphatic heterocycles. The van der Waals surface area contributed by atoms with Gasteiger partial charge in [-0.05, 0) is 24.3 Å². The number of nitrogens with zero attached hydrogens (tertiary/aromatic N) is 2. The molecule has 0 saturated carbocycles. The van der Waals surface area contributed by atoms with E-state index in [1.54, 1.807) is 0 Å². The Balaban J connectivity index is 2.25. The molecule has 1 aromatic heterocycles. The van der Waals surface area contributed by atoms with Gasteiger partial charge >= 0.3 is 5.97 Å². The predicted molar refractivity (Wildman–Crippen MR) is 66.3 cm³/mol. The first-order chi connectivity index (χ1) is 8.50. The molecule has 5 heteroatoms. The summed E-state index contributed by atoms with van der Waals surface area (Å²) in [5.41, 5.74) is -0.312. The van der Waals surface area contributed by atoms with Crippen LogP contribution in [0.5, 0.6) is 0 Å². The van der Waals surface area contributed by atoms with Crippen molar-refractivity contribution in [3.8, 4) is 0 Å². The Hall–Kier alpha value is -1.65. The topological polar surface area (TPSA) is 53.4 Å². The molecule has 0 aliphatic carbocycles.